The predicted octanol–water partition coefficient (Wildman–Crippen LogP) is 3.75. The SMILES string of the molecule is CC(C)(O)CCOc1ccc(Br)cc1Br. The van der Waals surface area contributed by atoms with Gasteiger partial charge in [0.05, 0.1) is 16.7 Å². The van der Waals surface area contributed by atoms with Gasteiger partial charge in [0.1, 0.15) is 5.75 Å². The fourth-order valence-electron chi connectivity index (χ4n) is 1.00. The topological polar surface area (TPSA) is 29.5 Å². The van der Waals surface area contributed by atoms with Crippen LogP contribution in [0.15, 0.2) is 27.1 Å². The number of rotatable bonds is 4. The van der Waals surface area contributed by atoms with Gasteiger partial charge < -0.3 is 9.84 Å². The van der Waals surface area contributed by atoms with Gasteiger partial charge in [-0.15, -0.1) is 0 Å². The lowest BCUT2D eigenvalue weighted by Gasteiger charge is -2.17. The summed E-state index contributed by atoms with van der Waals surface area (Å²) in [5.41, 5.74) is -0.679. The van der Waals surface area contributed by atoms with Crippen LogP contribution in [0, 0.1) is 0 Å². The van der Waals surface area contributed by atoms with Crippen molar-refractivity contribution in [3.05, 3.63) is 27.1 Å². The zero-order valence-corrected chi connectivity index (χ0v) is 11.9. The highest BCUT2D eigenvalue weighted by atomic mass is 79.9. The van der Waals surface area contributed by atoms with E-state index in [1.54, 1.807) is 13.8 Å². The quantitative estimate of drug-likeness (QED) is 0.906. The fourth-order valence-corrected chi connectivity index (χ4v) is 2.16. The maximum Gasteiger partial charge on any atom is 0.133 e. The van der Waals surface area contributed by atoms with Crippen molar-refractivity contribution in [3.63, 3.8) is 0 Å². The van der Waals surface area contributed by atoms with Crippen molar-refractivity contribution >= 4 is 31.9 Å². The first-order chi connectivity index (χ1) is 6.88. The van der Waals surface area contributed by atoms with E-state index in [0.29, 0.717) is 13.0 Å². The van der Waals surface area contributed by atoms with Gasteiger partial charge in [0, 0.05) is 10.9 Å². The van der Waals surface area contributed by atoms with Crippen LogP contribution in [-0.2, 0) is 0 Å². The molecule has 0 saturated heterocycles. The van der Waals surface area contributed by atoms with Crippen molar-refractivity contribution in [2.75, 3.05) is 6.61 Å². The third kappa shape index (κ3) is 5.00. The summed E-state index contributed by atoms with van der Waals surface area (Å²) in [5.74, 6) is 0.794. The van der Waals surface area contributed by atoms with Crippen molar-refractivity contribution in [1.82, 2.24) is 0 Å². The lowest BCUT2D eigenvalue weighted by molar-refractivity contribution is 0.0552. The molecule has 0 aliphatic carbocycles. The van der Waals surface area contributed by atoms with Crippen molar-refractivity contribution < 1.29 is 9.84 Å². The first-order valence-electron chi connectivity index (χ1n) is 4.69. The third-order valence-electron chi connectivity index (χ3n) is 1.87. The minimum atomic E-state index is -0.679. The Hall–Kier alpha value is -0.0600. The van der Waals surface area contributed by atoms with Gasteiger partial charge >= 0.3 is 0 Å². The molecule has 0 amide bonds. The average Bonchev–Trinajstić information content (AvgIpc) is 2.07. The molecule has 0 saturated carbocycles. The smallest absolute Gasteiger partial charge is 0.133 e. The van der Waals surface area contributed by atoms with Gasteiger partial charge in [-0.3, -0.25) is 0 Å². The number of hydrogen-bond donors (Lipinski definition) is 1. The maximum absolute atomic E-state index is 9.51. The number of halogens is 2. The summed E-state index contributed by atoms with van der Waals surface area (Å²) in [6.07, 6.45) is 0.607. The molecule has 84 valence electrons. The molecule has 0 aromatic heterocycles. The van der Waals surface area contributed by atoms with Gasteiger partial charge in [0.25, 0.3) is 0 Å². The monoisotopic (exact) mass is 336 g/mol. The molecule has 0 atom stereocenters. The second kappa shape index (κ2) is 5.32. The molecule has 15 heavy (non-hydrogen) atoms. The summed E-state index contributed by atoms with van der Waals surface area (Å²) < 4.78 is 7.45. The van der Waals surface area contributed by atoms with Crippen molar-refractivity contribution in [2.24, 2.45) is 0 Å². The zero-order chi connectivity index (χ0) is 11.5. The number of ether oxygens (including phenoxy) is 1. The summed E-state index contributed by atoms with van der Waals surface area (Å²) >= 11 is 6.78. The van der Waals surface area contributed by atoms with Crippen molar-refractivity contribution in [1.29, 1.82) is 0 Å². The molecule has 2 nitrogen and oxygen atoms in total. The minimum Gasteiger partial charge on any atom is -0.492 e. The molecule has 0 aliphatic rings. The molecular weight excluding hydrogens is 324 g/mol. The van der Waals surface area contributed by atoms with Crippen molar-refractivity contribution in [3.8, 4) is 5.75 Å². The molecule has 1 rings (SSSR count). The van der Waals surface area contributed by atoms with Crippen LogP contribution in [0.4, 0.5) is 0 Å². The highest BCUT2D eigenvalue weighted by Gasteiger charge is 2.12. The molecule has 1 aromatic rings. The molecule has 1 aromatic carbocycles. The van der Waals surface area contributed by atoms with Gasteiger partial charge in [0.2, 0.25) is 0 Å². The summed E-state index contributed by atoms with van der Waals surface area (Å²) in [7, 11) is 0. The Morgan fingerprint density at radius 1 is 1.33 bits per heavy atom. The summed E-state index contributed by atoms with van der Waals surface area (Å²) in [4.78, 5) is 0. The third-order valence-corrected chi connectivity index (χ3v) is 2.98. The zero-order valence-electron chi connectivity index (χ0n) is 8.76. The average molecular weight is 338 g/mol. The van der Waals surface area contributed by atoms with Crippen LogP contribution in [0.5, 0.6) is 5.75 Å². The second-order valence-electron chi connectivity index (χ2n) is 3.99. The van der Waals surface area contributed by atoms with Crippen LogP contribution in [-0.4, -0.2) is 17.3 Å². The van der Waals surface area contributed by atoms with Gasteiger partial charge in [0.15, 0.2) is 0 Å². The van der Waals surface area contributed by atoms with Crippen molar-refractivity contribution in [2.45, 2.75) is 25.9 Å². The van der Waals surface area contributed by atoms with E-state index in [1.165, 1.54) is 0 Å². The van der Waals surface area contributed by atoms with Crippen LogP contribution in [0.2, 0.25) is 0 Å². The lowest BCUT2D eigenvalue weighted by atomic mass is 10.1. The molecular formula is C11H14Br2O2. The molecule has 0 radical (unpaired) electrons. The highest BCUT2D eigenvalue weighted by molar-refractivity contribution is 9.11. The summed E-state index contributed by atoms with van der Waals surface area (Å²) in [5, 5.41) is 9.51. The van der Waals surface area contributed by atoms with E-state index in [0.717, 1.165) is 14.7 Å². The van der Waals surface area contributed by atoms with Gasteiger partial charge in [-0.05, 0) is 48.0 Å². The summed E-state index contributed by atoms with van der Waals surface area (Å²) in [6, 6.07) is 5.74. The maximum atomic E-state index is 9.51. The Bertz CT molecular complexity index is 332. The van der Waals surface area contributed by atoms with Crippen LogP contribution in [0.3, 0.4) is 0 Å². The van der Waals surface area contributed by atoms with E-state index in [9.17, 15) is 5.11 Å². The number of aliphatic hydroxyl groups is 1. The van der Waals surface area contributed by atoms with E-state index in [2.05, 4.69) is 31.9 Å². The largest absolute Gasteiger partial charge is 0.492 e. The van der Waals surface area contributed by atoms with Crippen LogP contribution < -0.4 is 4.74 Å². The predicted molar refractivity (Wildman–Crippen MR) is 68.3 cm³/mol. The van der Waals surface area contributed by atoms with E-state index in [1.807, 2.05) is 18.2 Å². The Kier molecular flexibility index (Phi) is 4.62. The number of benzene rings is 1. The highest BCUT2D eigenvalue weighted by Crippen LogP contribution is 2.28. The first kappa shape index (κ1) is 13.0. The normalized spacial score (nSPS) is 11.5. The molecule has 0 heterocycles. The molecule has 0 aliphatic heterocycles. The molecule has 1 N–H and O–H groups in total. The lowest BCUT2D eigenvalue weighted by Crippen LogP contribution is -2.21. The van der Waals surface area contributed by atoms with Gasteiger partial charge in [-0.25, -0.2) is 0 Å². The fraction of sp³-hybridized carbons (Fsp3) is 0.455. The van der Waals surface area contributed by atoms with Gasteiger partial charge in [-0.1, -0.05) is 15.9 Å². The molecule has 0 unspecified atom stereocenters. The molecule has 0 bridgehead atoms. The van der Waals surface area contributed by atoms with E-state index in [4.69, 9.17) is 4.74 Å². The van der Waals surface area contributed by atoms with E-state index < -0.39 is 5.60 Å². The Labute approximate surface area is 107 Å². The molecule has 0 fully saturated rings. The van der Waals surface area contributed by atoms with Crippen LogP contribution in [0.1, 0.15) is 20.3 Å². The number of hydrogen-bond acceptors (Lipinski definition) is 2. The van der Waals surface area contributed by atoms with Crippen LogP contribution >= 0.6 is 31.9 Å². The van der Waals surface area contributed by atoms with Gasteiger partial charge in [-0.2, -0.15) is 0 Å². The van der Waals surface area contributed by atoms with E-state index in [-0.39, 0.29) is 0 Å². The Morgan fingerprint density at radius 2 is 2.00 bits per heavy atom. The second-order valence-corrected chi connectivity index (χ2v) is 5.76. The van der Waals surface area contributed by atoms with Crippen LogP contribution in [0.25, 0.3) is 0 Å². The first-order valence-corrected chi connectivity index (χ1v) is 6.27. The summed E-state index contributed by atoms with van der Waals surface area (Å²) in [6.45, 7) is 4.05. The molecule has 4 heteroatoms. The van der Waals surface area contributed by atoms with E-state index >= 15 is 0 Å². The Balaban J connectivity index is 2.51. The minimum absolute atomic E-state index is 0.504. The molecule has 0 spiro atoms. The standard InChI is InChI=1S/C11H14Br2O2/c1-11(2,14)5-6-15-10-4-3-8(12)7-9(10)13/h3-4,7,14H,5-6H2,1-2H3. The Morgan fingerprint density at radius 3 is 2.53 bits per heavy atom.